The number of hydrogen-bond donors (Lipinski definition) is 2. The van der Waals surface area contributed by atoms with E-state index >= 15 is 0 Å². The van der Waals surface area contributed by atoms with Gasteiger partial charge in [-0.05, 0) is 25.1 Å². The lowest BCUT2D eigenvalue weighted by Crippen LogP contribution is -2.02. The van der Waals surface area contributed by atoms with Crippen molar-refractivity contribution >= 4 is 33.0 Å². The Labute approximate surface area is 108 Å². The third-order valence-corrected chi connectivity index (χ3v) is 2.34. The molecule has 86 valence electrons. The van der Waals surface area contributed by atoms with E-state index < -0.39 is 0 Å². The van der Waals surface area contributed by atoms with Gasteiger partial charge in [0.2, 0.25) is 5.71 Å². The van der Waals surface area contributed by atoms with Crippen LogP contribution in [0, 0.1) is 22.7 Å². The summed E-state index contributed by atoms with van der Waals surface area (Å²) < 4.78 is 0.882. The number of anilines is 2. The fraction of sp³-hybridized carbons (Fsp3) is 0.182. The molecule has 1 rings (SSSR count). The first-order valence-corrected chi connectivity index (χ1v) is 5.68. The second kappa shape index (κ2) is 6.51. The summed E-state index contributed by atoms with van der Waals surface area (Å²) in [5.41, 5.74) is 4.03. The predicted molar refractivity (Wildman–Crippen MR) is 70.6 cm³/mol. The first-order chi connectivity index (χ1) is 8.21. The van der Waals surface area contributed by atoms with E-state index in [1.54, 1.807) is 12.1 Å². The molecule has 0 spiro atoms. The molecule has 0 amide bonds. The number of halogens is 1. The highest BCUT2D eigenvalue weighted by molar-refractivity contribution is 9.10. The molecule has 0 aromatic heterocycles. The van der Waals surface area contributed by atoms with Gasteiger partial charge in [-0.15, -0.1) is 0 Å². The summed E-state index contributed by atoms with van der Waals surface area (Å²) >= 11 is 3.34. The number of nitrogens with zero attached hydrogens (tertiary/aromatic N) is 3. The van der Waals surface area contributed by atoms with E-state index in [1.807, 2.05) is 25.1 Å². The summed E-state index contributed by atoms with van der Waals surface area (Å²) in [7, 11) is 0. The van der Waals surface area contributed by atoms with Gasteiger partial charge in [-0.3, -0.25) is 5.43 Å². The Morgan fingerprint density at radius 3 is 2.65 bits per heavy atom. The van der Waals surface area contributed by atoms with Crippen LogP contribution >= 0.6 is 15.9 Å². The van der Waals surface area contributed by atoms with E-state index in [0.29, 0.717) is 5.69 Å². The number of hydrogen-bond acceptors (Lipinski definition) is 5. The molecule has 0 bridgehead atoms. The Hall–Kier alpha value is -2.05. The van der Waals surface area contributed by atoms with Gasteiger partial charge in [-0.25, -0.2) is 0 Å². The fourth-order valence-corrected chi connectivity index (χ4v) is 1.51. The molecule has 0 fully saturated rings. The van der Waals surface area contributed by atoms with Crippen LogP contribution in [0.1, 0.15) is 6.92 Å². The standard InChI is InChI=1S/C11H10BrN5/c1-2-15-10-4-3-8(12)5-11(10)17-16-9(6-13)7-14/h3-5,15,17H,2H2,1H3. The van der Waals surface area contributed by atoms with E-state index in [0.717, 1.165) is 16.7 Å². The highest BCUT2D eigenvalue weighted by atomic mass is 79.9. The second-order valence-corrected chi connectivity index (χ2v) is 3.93. The summed E-state index contributed by atoms with van der Waals surface area (Å²) in [6.07, 6.45) is 0. The lowest BCUT2D eigenvalue weighted by Gasteiger charge is -2.10. The number of benzene rings is 1. The fourth-order valence-electron chi connectivity index (χ4n) is 1.14. The largest absolute Gasteiger partial charge is 0.384 e. The number of hydrazone groups is 1. The molecule has 0 saturated heterocycles. The Balaban J connectivity index is 2.97. The Morgan fingerprint density at radius 2 is 2.06 bits per heavy atom. The normalized spacial score (nSPS) is 8.71. The van der Waals surface area contributed by atoms with E-state index in [4.69, 9.17) is 10.5 Å². The molecule has 0 aliphatic carbocycles. The maximum Gasteiger partial charge on any atom is 0.237 e. The molecule has 0 unspecified atom stereocenters. The van der Waals surface area contributed by atoms with E-state index in [1.165, 1.54) is 0 Å². The van der Waals surface area contributed by atoms with Crippen LogP contribution in [-0.4, -0.2) is 12.3 Å². The van der Waals surface area contributed by atoms with Gasteiger partial charge in [0.05, 0.1) is 11.4 Å². The van der Waals surface area contributed by atoms with Gasteiger partial charge in [0.1, 0.15) is 12.1 Å². The third kappa shape index (κ3) is 3.78. The van der Waals surface area contributed by atoms with Crippen LogP contribution in [-0.2, 0) is 0 Å². The molecule has 0 atom stereocenters. The van der Waals surface area contributed by atoms with Crippen molar-refractivity contribution in [1.29, 1.82) is 10.5 Å². The average molecular weight is 292 g/mol. The molecule has 1 aromatic rings. The lowest BCUT2D eigenvalue weighted by molar-refractivity contribution is 1.20. The van der Waals surface area contributed by atoms with Crippen molar-refractivity contribution in [3.63, 3.8) is 0 Å². The molecule has 0 aliphatic rings. The molecule has 1 aromatic carbocycles. The van der Waals surface area contributed by atoms with Gasteiger partial charge >= 0.3 is 0 Å². The Kier molecular flexibility index (Phi) is 4.99. The van der Waals surface area contributed by atoms with E-state index in [-0.39, 0.29) is 5.71 Å². The lowest BCUT2D eigenvalue weighted by atomic mass is 10.2. The van der Waals surface area contributed by atoms with Crippen molar-refractivity contribution in [2.75, 3.05) is 17.3 Å². The topological polar surface area (TPSA) is 84.0 Å². The van der Waals surface area contributed by atoms with Gasteiger partial charge in [0.25, 0.3) is 0 Å². The zero-order chi connectivity index (χ0) is 12.7. The zero-order valence-corrected chi connectivity index (χ0v) is 10.7. The van der Waals surface area contributed by atoms with Crippen LogP contribution < -0.4 is 10.7 Å². The summed E-state index contributed by atoms with van der Waals surface area (Å²) in [6, 6.07) is 8.95. The monoisotopic (exact) mass is 291 g/mol. The molecule has 6 heteroatoms. The Morgan fingerprint density at radius 1 is 1.35 bits per heavy atom. The molecular formula is C11H10BrN5. The van der Waals surface area contributed by atoms with Crippen LogP contribution in [0.2, 0.25) is 0 Å². The molecule has 0 radical (unpaired) electrons. The first-order valence-electron chi connectivity index (χ1n) is 4.88. The average Bonchev–Trinajstić information content (AvgIpc) is 2.34. The van der Waals surface area contributed by atoms with Crippen LogP contribution in [0.4, 0.5) is 11.4 Å². The minimum Gasteiger partial charge on any atom is -0.384 e. The second-order valence-electron chi connectivity index (χ2n) is 3.02. The van der Waals surface area contributed by atoms with Crippen molar-refractivity contribution < 1.29 is 0 Å². The molecule has 5 nitrogen and oxygen atoms in total. The van der Waals surface area contributed by atoms with E-state index in [9.17, 15) is 0 Å². The third-order valence-electron chi connectivity index (χ3n) is 1.85. The zero-order valence-electron chi connectivity index (χ0n) is 9.16. The van der Waals surface area contributed by atoms with Crippen molar-refractivity contribution in [3.8, 4) is 12.1 Å². The van der Waals surface area contributed by atoms with Crippen molar-refractivity contribution in [3.05, 3.63) is 22.7 Å². The smallest absolute Gasteiger partial charge is 0.237 e. The summed E-state index contributed by atoms with van der Waals surface area (Å²) in [4.78, 5) is 0. The van der Waals surface area contributed by atoms with Crippen molar-refractivity contribution in [1.82, 2.24) is 0 Å². The summed E-state index contributed by atoms with van der Waals surface area (Å²) in [6.45, 7) is 2.74. The highest BCUT2D eigenvalue weighted by Crippen LogP contribution is 2.25. The van der Waals surface area contributed by atoms with Crippen LogP contribution in [0.3, 0.4) is 0 Å². The van der Waals surface area contributed by atoms with E-state index in [2.05, 4.69) is 31.8 Å². The maximum absolute atomic E-state index is 8.56. The number of rotatable bonds is 4. The van der Waals surface area contributed by atoms with Crippen LogP contribution in [0.15, 0.2) is 27.8 Å². The minimum atomic E-state index is -0.215. The number of nitrogens with one attached hydrogen (secondary N) is 2. The SMILES string of the molecule is CCNc1ccc(Br)cc1NN=C(C#N)C#N. The quantitative estimate of drug-likeness (QED) is 0.660. The van der Waals surface area contributed by atoms with Gasteiger partial charge in [-0.2, -0.15) is 15.6 Å². The molecule has 17 heavy (non-hydrogen) atoms. The molecule has 0 heterocycles. The van der Waals surface area contributed by atoms with Gasteiger partial charge in [0, 0.05) is 11.0 Å². The van der Waals surface area contributed by atoms with Crippen molar-refractivity contribution in [2.24, 2.45) is 5.10 Å². The van der Waals surface area contributed by atoms with Crippen LogP contribution in [0.25, 0.3) is 0 Å². The van der Waals surface area contributed by atoms with Crippen LogP contribution in [0.5, 0.6) is 0 Å². The summed E-state index contributed by atoms with van der Waals surface area (Å²) in [5.74, 6) is 0. The summed E-state index contributed by atoms with van der Waals surface area (Å²) in [5, 5.41) is 24.0. The first kappa shape index (κ1) is 13.0. The molecule has 0 saturated carbocycles. The molecule has 0 aliphatic heterocycles. The van der Waals surface area contributed by atoms with Crippen molar-refractivity contribution in [2.45, 2.75) is 6.92 Å². The minimum absolute atomic E-state index is 0.215. The predicted octanol–water partition coefficient (Wildman–Crippen LogP) is 2.70. The Bertz CT molecular complexity index is 494. The highest BCUT2D eigenvalue weighted by Gasteiger charge is 2.02. The maximum atomic E-state index is 8.56. The van der Waals surface area contributed by atoms with Gasteiger partial charge in [0.15, 0.2) is 0 Å². The van der Waals surface area contributed by atoms with Gasteiger partial charge < -0.3 is 5.32 Å². The van der Waals surface area contributed by atoms with Gasteiger partial charge in [-0.1, -0.05) is 15.9 Å². The number of nitriles is 2. The molecular weight excluding hydrogens is 282 g/mol. The molecule has 2 N–H and O–H groups in total.